The van der Waals surface area contributed by atoms with Crippen LogP contribution in [0.5, 0.6) is 5.75 Å². The van der Waals surface area contributed by atoms with Crippen molar-refractivity contribution in [3.05, 3.63) is 33.3 Å². The summed E-state index contributed by atoms with van der Waals surface area (Å²) in [6.07, 6.45) is -0.724. The van der Waals surface area contributed by atoms with Gasteiger partial charge in [-0.1, -0.05) is 34.5 Å². The van der Waals surface area contributed by atoms with Crippen molar-refractivity contribution < 1.29 is 9.53 Å². The van der Waals surface area contributed by atoms with E-state index in [0.717, 1.165) is 5.01 Å². The molecule has 0 radical (unpaired) electrons. The number of nitrogens with zero attached hydrogens (tertiary/aromatic N) is 2. The minimum absolute atomic E-state index is 0.327. The van der Waals surface area contributed by atoms with E-state index in [2.05, 4.69) is 15.5 Å². The summed E-state index contributed by atoms with van der Waals surface area (Å²) in [5.74, 6) is 0.0688. The minimum Gasteiger partial charge on any atom is -0.479 e. The molecule has 2 rings (SSSR count). The van der Waals surface area contributed by atoms with Gasteiger partial charge in [0.1, 0.15) is 10.8 Å². The molecule has 0 unspecified atom stereocenters. The predicted molar refractivity (Wildman–Crippen MR) is 79.8 cm³/mol. The second kappa shape index (κ2) is 6.39. The lowest BCUT2D eigenvalue weighted by molar-refractivity contribution is -0.122. The van der Waals surface area contributed by atoms with E-state index in [-0.39, 0.29) is 5.91 Å². The molecule has 20 heavy (non-hydrogen) atoms. The Labute approximate surface area is 129 Å². The van der Waals surface area contributed by atoms with Crippen LogP contribution in [0.3, 0.4) is 0 Å². The van der Waals surface area contributed by atoms with Crippen molar-refractivity contribution in [2.24, 2.45) is 0 Å². The number of aromatic nitrogens is 2. The van der Waals surface area contributed by atoms with E-state index in [9.17, 15) is 4.79 Å². The molecule has 1 atom stereocenters. The van der Waals surface area contributed by atoms with Crippen LogP contribution in [-0.2, 0) is 4.79 Å². The third-order valence-electron chi connectivity index (χ3n) is 2.32. The van der Waals surface area contributed by atoms with Crippen LogP contribution in [0, 0.1) is 6.92 Å². The Hall–Kier alpha value is -1.37. The third kappa shape index (κ3) is 3.82. The normalized spacial score (nSPS) is 12.0. The zero-order valence-electron chi connectivity index (χ0n) is 10.7. The van der Waals surface area contributed by atoms with E-state index < -0.39 is 6.10 Å². The number of hydrogen-bond acceptors (Lipinski definition) is 5. The smallest absolute Gasteiger partial charge is 0.266 e. The van der Waals surface area contributed by atoms with Crippen LogP contribution in [0.4, 0.5) is 5.13 Å². The van der Waals surface area contributed by atoms with Gasteiger partial charge in [0.25, 0.3) is 5.91 Å². The average Bonchev–Trinajstić information content (AvgIpc) is 2.78. The van der Waals surface area contributed by atoms with Crippen molar-refractivity contribution in [1.29, 1.82) is 0 Å². The van der Waals surface area contributed by atoms with Crippen LogP contribution in [0.25, 0.3) is 0 Å². The predicted octanol–water partition coefficient (Wildman–Crippen LogP) is 3.56. The topological polar surface area (TPSA) is 64.1 Å². The van der Waals surface area contributed by atoms with Crippen LogP contribution in [0.2, 0.25) is 10.0 Å². The number of benzene rings is 1. The summed E-state index contributed by atoms with van der Waals surface area (Å²) in [6.45, 7) is 3.43. The lowest BCUT2D eigenvalue weighted by Crippen LogP contribution is -2.30. The first-order valence-corrected chi connectivity index (χ1v) is 7.25. The highest BCUT2D eigenvalue weighted by atomic mass is 35.5. The van der Waals surface area contributed by atoms with Crippen LogP contribution < -0.4 is 10.1 Å². The number of halogens is 2. The van der Waals surface area contributed by atoms with Gasteiger partial charge < -0.3 is 4.74 Å². The molecule has 0 fully saturated rings. The monoisotopic (exact) mass is 331 g/mol. The fourth-order valence-corrected chi connectivity index (χ4v) is 2.42. The number of carbonyl (C=O) groups is 1. The standard InChI is InChI=1S/C12H11Cl2N3O2S/c1-6(11(18)15-12-17-16-7(2)20-12)19-10-4-3-8(13)5-9(10)14/h3-6H,1-2H3,(H,15,17,18)/t6-/m1/s1. The maximum Gasteiger partial charge on any atom is 0.266 e. The molecule has 8 heteroatoms. The fraction of sp³-hybridized carbons (Fsp3) is 0.250. The van der Waals surface area contributed by atoms with Gasteiger partial charge in [-0.3, -0.25) is 10.1 Å². The molecule has 1 heterocycles. The Balaban J connectivity index is 2.00. The Morgan fingerprint density at radius 3 is 2.75 bits per heavy atom. The van der Waals surface area contributed by atoms with Crippen molar-refractivity contribution in [3.8, 4) is 5.75 Å². The summed E-state index contributed by atoms with van der Waals surface area (Å²) in [4.78, 5) is 11.9. The Kier molecular flexibility index (Phi) is 4.80. The SMILES string of the molecule is Cc1nnc(NC(=O)[C@@H](C)Oc2ccc(Cl)cc2Cl)s1. The zero-order chi connectivity index (χ0) is 14.7. The summed E-state index contributed by atoms with van der Waals surface area (Å²) < 4.78 is 5.49. The minimum atomic E-state index is -0.724. The van der Waals surface area contributed by atoms with Gasteiger partial charge in [0.15, 0.2) is 6.10 Å². The molecule has 1 aromatic carbocycles. The van der Waals surface area contributed by atoms with Crippen LogP contribution in [0.1, 0.15) is 11.9 Å². The summed E-state index contributed by atoms with van der Waals surface area (Å²) in [7, 11) is 0. The number of rotatable bonds is 4. The van der Waals surface area contributed by atoms with Crippen molar-refractivity contribution in [3.63, 3.8) is 0 Å². The second-order valence-corrected chi connectivity index (χ2v) is 5.98. The molecule has 1 amide bonds. The average molecular weight is 332 g/mol. The molecule has 1 N–H and O–H groups in total. The van der Waals surface area contributed by atoms with Crippen molar-refractivity contribution in [1.82, 2.24) is 10.2 Å². The quantitative estimate of drug-likeness (QED) is 0.930. The highest BCUT2D eigenvalue weighted by molar-refractivity contribution is 7.15. The van der Waals surface area contributed by atoms with E-state index in [4.69, 9.17) is 27.9 Å². The van der Waals surface area contributed by atoms with Gasteiger partial charge in [-0.05, 0) is 32.0 Å². The molecule has 0 saturated carbocycles. The Morgan fingerprint density at radius 1 is 1.40 bits per heavy atom. The lowest BCUT2D eigenvalue weighted by Gasteiger charge is -2.14. The lowest BCUT2D eigenvalue weighted by atomic mass is 10.3. The third-order valence-corrected chi connectivity index (χ3v) is 3.61. The van der Waals surface area contributed by atoms with Crippen LogP contribution >= 0.6 is 34.5 Å². The van der Waals surface area contributed by atoms with Crippen LogP contribution in [-0.4, -0.2) is 22.2 Å². The molecule has 0 aliphatic carbocycles. The van der Waals surface area contributed by atoms with E-state index in [1.165, 1.54) is 11.3 Å². The van der Waals surface area contributed by atoms with Gasteiger partial charge >= 0.3 is 0 Å². The highest BCUT2D eigenvalue weighted by Gasteiger charge is 2.17. The maximum absolute atomic E-state index is 11.9. The summed E-state index contributed by atoms with van der Waals surface area (Å²) in [6, 6.07) is 4.81. The van der Waals surface area contributed by atoms with Gasteiger partial charge in [0.05, 0.1) is 5.02 Å². The maximum atomic E-state index is 11.9. The van der Waals surface area contributed by atoms with E-state index in [1.54, 1.807) is 32.0 Å². The van der Waals surface area contributed by atoms with Crippen molar-refractivity contribution in [2.45, 2.75) is 20.0 Å². The number of amides is 1. The Morgan fingerprint density at radius 2 is 2.15 bits per heavy atom. The van der Waals surface area contributed by atoms with Gasteiger partial charge in [0.2, 0.25) is 5.13 Å². The van der Waals surface area contributed by atoms with Gasteiger partial charge in [-0.25, -0.2) is 0 Å². The van der Waals surface area contributed by atoms with E-state index in [0.29, 0.717) is 20.9 Å². The molecule has 106 valence electrons. The molecule has 0 aliphatic rings. The number of anilines is 1. The van der Waals surface area contributed by atoms with Crippen molar-refractivity contribution >= 4 is 45.6 Å². The molecule has 0 saturated heterocycles. The first kappa shape index (κ1) is 15.0. The summed E-state index contributed by atoms with van der Waals surface area (Å²) >= 11 is 13.1. The first-order chi connectivity index (χ1) is 9.45. The number of carbonyl (C=O) groups excluding carboxylic acids is 1. The number of aryl methyl sites for hydroxylation is 1. The molecule has 1 aromatic heterocycles. The molecule has 0 aliphatic heterocycles. The van der Waals surface area contributed by atoms with E-state index >= 15 is 0 Å². The number of hydrogen-bond donors (Lipinski definition) is 1. The molecular formula is C12H11Cl2N3O2S. The van der Waals surface area contributed by atoms with Crippen LogP contribution in [0.15, 0.2) is 18.2 Å². The molecular weight excluding hydrogens is 321 g/mol. The largest absolute Gasteiger partial charge is 0.479 e. The molecule has 2 aromatic rings. The Bertz CT molecular complexity index is 633. The molecule has 5 nitrogen and oxygen atoms in total. The second-order valence-electron chi connectivity index (χ2n) is 3.95. The fourth-order valence-electron chi connectivity index (χ4n) is 1.37. The van der Waals surface area contributed by atoms with Gasteiger partial charge in [-0.15, -0.1) is 10.2 Å². The summed E-state index contributed by atoms with van der Waals surface area (Å²) in [5, 5.41) is 12.3. The van der Waals surface area contributed by atoms with Gasteiger partial charge in [0, 0.05) is 5.02 Å². The number of nitrogens with one attached hydrogen (secondary N) is 1. The molecule has 0 bridgehead atoms. The first-order valence-electron chi connectivity index (χ1n) is 5.68. The zero-order valence-corrected chi connectivity index (χ0v) is 13.0. The summed E-state index contributed by atoms with van der Waals surface area (Å²) in [5.41, 5.74) is 0. The van der Waals surface area contributed by atoms with E-state index in [1.807, 2.05) is 0 Å². The van der Waals surface area contributed by atoms with Crippen molar-refractivity contribution in [2.75, 3.05) is 5.32 Å². The van der Waals surface area contributed by atoms with Gasteiger partial charge in [-0.2, -0.15) is 0 Å². The highest BCUT2D eigenvalue weighted by Crippen LogP contribution is 2.28. The number of ether oxygens (including phenoxy) is 1. The molecule has 0 spiro atoms.